The number of pyridine rings is 1. The average Bonchev–Trinajstić information content (AvgIpc) is 2.95. The Kier molecular flexibility index (Phi) is 3.84. The van der Waals surface area contributed by atoms with Crippen LogP contribution in [0.3, 0.4) is 0 Å². The quantitative estimate of drug-likeness (QED) is 0.907. The summed E-state index contributed by atoms with van der Waals surface area (Å²) in [5.74, 6) is 0.221. The molecular formula is C17H20ClN3O2S. The number of aromatic nitrogens is 1. The summed E-state index contributed by atoms with van der Waals surface area (Å²) in [6, 6.07) is 6.88. The zero-order valence-electron chi connectivity index (χ0n) is 13.3. The molecule has 4 rings (SSSR count). The van der Waals surface area contributed by atoms with Crippen LogP contribution in [0.5, 0.6) is 0 Å². The third-order valence-electron chi connectivity index (χ3n) is 5.44. The monoisotopic (exact) mass is 365 g/mol. The third-order valence-corrected chi connectivity index (χ3v) is 7.64. The molecule has 2 heterocycles. The molecular weight excluding hydrogens is 346 g/mol. The van der Waals surface area contributed by atoms with E-state index in [1.165, 1.54) is 6.07 Å². The second-order valence-corrected chi connectivity index (χ2v) is 9.17. The zero-order chi connectivity index (χ0) is 16.9. The van der Waals surface area contributed by atoms with E-state index in [4.69, 9.17) is 17.3 Å². The predicted molar refractivity (Wildman–Crippen MR) is 94.4 cm³/mol. The second kappa shape index (κ2) is 5.66. The first-order valence-electron chi connectivity index (χ1n) is 8.23. The number of sulfonamides is 1. The van der Waals surface area contributed by atoms with E-state index in [0.29, 0.717) is 23.6 Å². The van der Waals surface area contributed by atoms with Gasteiger partial charge in [-0.05, 0) is 56.3 Å². The number of nitrogens with two attached hydrogens (primary N) is 1. The Morgan fingerprint density at radius 1 is 1.38 bits per heavy atom. The molecule has 0 radical (unpaired) electrons. The highest BCUT2D eigenvalue weighted by Crippen LogP contribution is 2.50. The summed E-state index contributed by atoms with van der Waals surface area (Å²) < 4.78 is 28.6. The van der Waals surface area contributed by atoms with Crippen molar-refractivity contribution in [2.45, 2.75) is 36.1 Å². The largest absolute Gasteiger partial charge is 0.330 e. The minimum Gasteiger partial charge on any atom is -0.330 e. The molecule has 1 aliphatic heterocycles. The van der Waals surface area contributed by atoms with Crippen LogP contribution in [0.4, 0.5) is 0 Å². The van der Waals surface area contributed by atoms with Crippen molar-refractivity contribution in [3.8, 4) is 0 Å². The van der Waals surface area contributed by atoms with Crippen LogP contribution in [0, 0.1) is 5.92 Å². The molecule has 128 valence electrons. The molecule has 0 amide bonds. The second-order valence-electron chi connectivity index (χ2n) is 6.90. The summed E-state index contributed by atoms with van der Waals surface area (Å²) in [5.41, 5.74) is 6.06. The zero-order valence-corrected chi connectivity index (χ0v) is 14.9. The molecule has 2 aliphatic rings. The van der Waals surface area contributed by atoms with E-state index in [-0.39, 0.29) is 16.4 Å². The number of hydrogen-bond acceptors (Lipinski definition) is 4. The number of fused-ring (bicyclic) bond motifs is 1. The smallest absolute Gasteiger partial charge is 0.245 e. The maximum absolute atomic E-state index is 13.5. The Morgan fingerprint density at radius 2 is 2.17 bits per heavy atom. The van der Waals surface area contributed by atoms with Gasteiger partial charge in [-0.15, -0.1) is 0 Å². The van der Waals surface area contributed by atoms with E-state index in [1.807, 2.05) is 6.07 Å². The van der Waals surface area contributed by atoms with Gasteiger partial charge in [0.1, 0.15) is 4.90 Å². The highest BCUT2D eigenvalue weighted by molar-refractivity contribution is 7.89. The van der Waals surface area contributed by atoms with Crippen LogP contribution in [0.1, 0.15) is 25.7 Å². The molecule has 1 atom stereocenters. The molecule has 1 aromatic heterocycles. The summed E-state index contributed by atoms with van der Waals surface area (Å²) in [5, 5.41) is 1.15. The van der Waals surface area contributed by atoms with Gasteiger partial charge in [0.05, 0.1) is 5.52 Å². The van der Waals surface area contributed by atoms with E-state index < -0.39 is 10.0 Å². The van der Waals surface area contributed by atoms with Gasteiger partial charge in [-0.2, -0.15) is 4.31 Å². The van der Waals surface area contributed by atoms with Crippen LogP contribution in [-0.2, 0) is 10.0 Å². The summed E-state index contributed by atoms with van der Waals surface area (Å²) in [7, 11) is -3.67. The van der Waals surface area contributed by atoms with Crippen LogP contribution < -0.4 is 5.73 Å². The first kappa shape index (κ1) is 16.3. The molecule has 7 heteroatoms. The predicted octanol–water partition coefficient (Wildman–Crippen LogP) is 2.78. The van der Waals surface area contributed by atoms with Gasteiger partial charge in [0.25, 0.3) is 0 Å². The number of benzene rings is 1. The van der Waals surface area contributed by atoms with Crippen LogP contribution in [0.2, 0.25) is 5.02 Å². The number of nitrogens with zero attached hydrogens (tertiary/aromatic N) is 2. The van der Waals surface area contributed by atoms with Gasteiger partial charge in [-0.1, -0.05) is 17.7 Å². The van der Waals surface area contributed by atoms with Crippen molar-refractivity contribution in [1.82, 2.24) is 9.29 Å². The molecule has 24 heavy (non-hydrogen) atoms. The lowest BCUT2D eigenvalue weighted by atomic mass is 9.74. The lowest BCUT2D eigenvalue weighted by Gasteiger charge is -2.44. The molecule has 2 N–H and O–H groups in total. The van der Waals surface area contributed by atoms with Gasteiger partial charge >= 0.3 is 0 Å². The normalized spacial score (nSPS) is 23.7. The standard InChI is InChI=1S/C17H20ClN3O2S/c18-14-7-13-3-1-6-20-16(13)15(8-14)24(22,23)21-11-12(10-19)9-17(21)4-2-5-17/h1,3,6-8,12H,2,4-5,9-11,19H2. The van der Waals surface area contributed by atoms with Gasteiger partial charge in [-0.25, -0.2) is 8.42 Å². The topological polar surface area (TPSA) is 76.3 Å². The van der Waals surface area contributed by atoms with E-state index in [2.05, 4.69) is 4.98 Å². The van der Waals surface area contributed by atoms with E-state index >= 15 is 0 Å². The fraction of sp³-hybridized carbons (Fsp3) is 0.471. The molecule has 1 aliphatic carbocycles. The maximum atomic E-state index is 13.5. The Morgan fingerprint density at radius 3 is 2.83 bits per heavy atom. The van der Waals surface area contributed by atoms with Crippen LogP contribution in [-0.4, -0.2) is 36.3 Å². The van der Waals surface area contributed by atoms with E-state index in [1.54, 1.807) is 22.6 Å². The SMILES string of the molecule is NCC1CN(S(=O)(=O)c2cc(Cl)cc3cccnc23)C2(CCC2)C1. The number of halogens is 1. The van der Waals surface area contributed by atoms with Gasteiger partial charge < -0.3 is 5.73 Å². The molecule has 1 saturated carbocycles. The van der Waals surface area contributed by atoms with Crippen molar-refractivity contribution in [2.75, 3.05) is 13.1 Å². The van der Waals surface area contributed by atoms with Crippen LogP contribution in [0.25, 0.3) is 10.9 Å². The average molecular weight is 366 g/mol. The van der Waals surface area contributed by atoms with Crippen LogP contribution >= 0.6 is 11.6 Å². The fourth-order valence-corrected chi connectivity index (χ4v) is 6.51. The number of hydrogen-bond donors (Lipinski definition) is 1. The highest BCUT2D eigenvalue weighted by atomic mass is 35.5. The Labute approximate surface area is 146 Å². The molecule has 1 saturated heterocycles. The van der Waals surface area contributed by atoms with Crippen LogP contribution in [0.15, 0.2) is 35.4 Å². The Hall–Kier alpha value is -1.21. The molecule has 0 bridgehead atoms. The fourth-order valence-electron chi connectivity index (χ4n) is 4.12. The van der Waals surface area contributed by atoms with Crippen molar-refractivity contribution < 1.29 is 8.42 Å². The molecule has 2 fully saturated rings. The molecule has 2 aromatic rings. The summed E-state index contributed by atoms with van der Waals surface area (Å²) in [4.78, 5) is 4.50. The number of rotatable bonds is 3. The highest BCUT2D eigenvalue weighted by Gasteiger charge is 2.54. The van der Waals surface area contributed by atoms with Crippen molar-refractivity contribution in [3.63, 3.8) is 0 Å². The van der Waals surface area contributed by atoms with E-state index in [0.717, 1.165) is 31.1 Å². The first-order valence-corrected chi connectivity index (χ1v) is 10.1. The van der Waals surface area contributed by atoms with Crippen molar-refractivity contribution in [2.24, 2.45) is 11.7 Å². The van der Waals surface area contributed by atoms with Crippen molar-refractivity contribution in [1.29, 1.82) is 0 Å². The van der Waals surface area contributed by atoms with Gasteiger partial charge in [0, 0.05) is 28.7 Å². The van der Waals surface area contributed by atoms with Gasteiger partial charge in [0.15, 0.2) is 0 Å². The third kappa shape index (κ3) is 2.36. The minimum absolute atomic E-state index is 0.203. The summed E-state index contributed by atoms with van der Waals surface area (Å²) >= 11 is 6.18. The Balaban J connectivity index is 1.87. The Bertz CT molecular complexity index is 896. The molecule has 1 unspecified atom stereocenters. The van der Waals surface area contributed by atoms with E-state index in [9.17, 15) is 8.42 Å². The van der Waals surface area contributed by atoms with Crippen molar-refractivity contribution >= 4 is 32.5 Å². The molecule has 5 nitrogen and oxygen atoms in total. The summed E-state index contributed by atoms with van der Waals surface area (Å²) in [6.45, 7) is 1.00. The van der Waals surface area contributed by atoms with Crippen molar-refractivity contribution in [3.05, 3.63) is 35.5 Å². The lowest BCUT2D eigenvalue weighted by molar-refractivity contribution is 0.127. The maximum Gasteiger partial charge on any atom is 0.245 e. The summed E-state index contributed by atoms with van der Waals surface area (Å²) in [6.07, 6.45) is 5.36. The molecule has 1 spiro atoms. The lowest BCUT2D eigenvalue weighted by Crippen LogP contribution is -2.51. The minimum atomic E-state index is -3.67. The van der Waals surface area contributed by atoms with Gasteiger partial charge in [-0.3, -0.25) is 4.98 Å². The first-order chi connectivity index (χ1) is 11.5. The molecule has 1 aromatic carbocycles. The van der Waals surface area contributed by atoms with Gasteiger partial charge in [0.2, 0.25) is 10.0 Å².